The van der Waals surface area contributed by atoms with Gasteiger partial charge in [-0.25, -0.2) is 10.2 Å². The molecule has 1 aromatic heterocycles. The second kappa shape index (κ2) is 4.06. The van der Waals surface area contributed by atoms with E-state index in [0.29, 0.717) is 0 Å². The Morgan fingerprint density at radius 1 is 1.50 bits per heavy atom. The summed E-state index contributed by atoms with van der Waals surface area (Å²) < 4.78 is 0. The van der Waals surface area contributed by atoms with Crippen LogP contribution in [-0.4, -0.2) is 17.2 Å². The molecule has 0 aliphatic carbocycles. The lowest BCUT2D eigenvalue weighted by Crippen LogP contribution is -2.24. The minimum absolute atomic E-state index is 0.672. The maximum atomic E-state index is 10.5. The summed E-state index contributed by atoms with van der Waals surface area (Å²) in [6.45, 7) is 1.95. The molecule has 82 valence electrons. The number of urea groups is 1. The number of rotatable bonds is 2. The van der Waals surface area contributed by atoms with Gasteiger partial charge in [0.2, 0.25) is 0 Å². The van der Waals surface area contributed by atoms with Gasteiger partial charge in [0.15, 0.2) is 0 Å². The number of amides is 2. The van der Waals surface area contributed by atoms with E-state index in [9.17, 15) is 4.79 Å². The molecular formula is C11H12N4O. The molecule has 0 bridgehead atoms. The van der Waals surface area contributed by atoms with Crippen molar-refractivity contribution in [1.29, 1.82) is 0 Å². The van der Waals surface area contributed by atoms with Gasteiger partial charge in [0.05, 0.1) is 6.21 Å². The molecule has 5 nitrogen and oxygen atoms in total. The number of aryl methyl sites for hydroxylation is 1. The van der Waals surface area contributed by atoms with Crippen molar-refractivity contribution >= 4 is 23.1 Å². The van der Waals surface area contributed by atoms with E-state index in [1.54, 1.807) is 6.21 Å². The summed E-state index contributed by atoms with van der Waals surface area (Å²) in [6.07, 6.45) is 1.58. The number of para-hydroxylation sites is 1. The molecule has 1 heterocycles. The second-order valence-corrected chi connectivity index (χ2v) is 3.44. The topological polar surface area (TPSA) is 83.3 Å². The van der Waals surface area contributed by atoms with Crippen LogP contribution >= 0.6 is 0 Å². The average Bonchev–Trinajstić information content (AvgIpc) is 2.55. The molecule has 1 aromatic carbocycles. The second-order valence-electron chi connectivity index (χ2n) is 3.44. The van der Waals surface area contributed by atoms with E-state index in [1.165, 1.54) is 0 Å². The number of carbonyl (C=O) groups excluding carboxylic acids is 1. The molecule has 0 atom stereocenters. The first-order chi connectivity index (χ1) is 7.68. The molecule has 0 aliphatic rings. The van der Waals surface area contributed by atoms with Gasteiger partial charge in [-0.1, -0.05) is 18.2 Å². The maximum Gasteiger partial charge on any atom is 0.332 e. The predicted octanol–water partition coefficient (Wildman–Crippen LogP) is 1.48. The van der Waals surface area contributed by atoms with Gasteiger partial charge in [-0.3, -0.25) is 0 Å². The van der Waals surface area contributed by atoms with Gasteiger partial charge in [-0.15, -0.1) is 0 Å². The van der Waals surface area contributed by atoms with Crippen LogP contribution in [0, 0.1) is 6.92 Å². The summed E-state index contributed by atoms with van der Waals surface area (Å²) >= 11 is 0. The molecule has 16 heavy (non-hydrogen) atoms. The van der Waals surface area contributed by atoms with E-state index in [0.717, 1.165) is 22.2 Å². The Morgan fingerprint density at radius 3 is 3.00 bits per heavy atom. The van der Waals surface area contributed by atoms with E-state index in [1.807, 2.05) is 31.2 Å². The van der Waals surface area contributed by atoms with Gasteiger partial charge < -0.3 is 10.7 Å². The van der Waals surface area contributed by atoms with E-state index < -0.39 is 6.03 Å². The number of hydrazone groups is 1. The van der Waals surface area contributed by atoms with Gasteiger partial charge in [-0.05, 0) is 13.0 Å². The molecule has 2 amide bonds. The van der Waals surface area contributed by atoms with Crippen LogP contribution in [0.4, 0.5) is 4.79 Å². The summed E-state index contributed by atoms with van der Waals surface area (Å²) in [4.78, 5) is 13.7. The molecular weight excluding hydrogens is 204 g/mol. The number of fused-ring (bicyclic) bond motifs is 1. The highest BCUT2D eigenvalue weighted by atomic mass is 16.2. The SMILES string of the molecule is Cc1[nH]c2ccccc2c1/C=N/NC(N)=O. The number of carbonyl (C=O) groups is 1. The Bertz CT molecular complexity index is 556. The van der Waals surface area contributed by atoms with Crippen LogP contribution in [0.5, 0.6) is 0 Å². The van der Waals surface area contributed by atoms with Gasteiger partial charge in [-0.2, -0.15) is 5.10 Å². The maximum absolute atomic E-state index is 10.5. The van der Waals surface area contributed by atoms with Crippen LogP contribution < -0.4 is 11.2 Å². The first-order valence-electron chi connectivity index (χ1n) is 4.84. The third-order valence-corrected chi connectivity index (χ3v) is 2.31. The van der Waals surface area contributed by atoms with Crippen molar-refractivity contribution in [3.05, 3.63) is 35.5 Å². The third kappa shape index (κ3) is 1.88. The molecule has 0 radical (unpaired) electrons. The Hall–Kier alpha value is -2.30. The van der Waals surface area contributed by atoms with Gasteiger partial charge in [0.25, 0.3) is 0 Å². The van der Waals surface area contributed by atoms with Crippen molar-refractivity contribution < 1.29 is 4.79 Å². The van der Waals surface area contributed by atoms with Crippen LogP contribution in [0.2, 0.25) is 0 Å². The smallest absolute Gasteiger partial charge is 0.332 e. The highest BCUT2D eigenvalue weighted by molar-refractivity contribution is 6.00. The highest BCUT2D eigenvalue weighted by Crippen LogP contribution is 2.19. The van der Waals surface area contributed by atoms with E-state index in [2.05, 4.69) is 15.5 Å². The lowest BCUT2D eigenvalue weighted by Gasteiger charge is -1.93. The van der Waals surface area contributed by atoms with Crippen molar-refractivity contribution in [2.24, 2.45) is 10.8 Å². The first-order valence-corrected chi connectivity index (χ1v) is 4.84. The number of nitrogens with zero attached hydrogens (tertiary/aromatic N) is 1. The fourth-order valence-electron chi connectivity index (χ4n) is 1.63. The Balaban J connectivity index is 2.39. The summed E-state index contributed by atoms with van der Waals surface area (Å²) in [5.41, 5.74) is 10.1. The Morgan fingerprint density at radius 2 is 2.25 bits per heavy atom. The molecule has 0 unspecified atom stereocenters. The number of aromatic amines is 1. The minimum atomic E-state index is -0.672. The molecule has 0 aliphatic heterocycles. The number of nitrogens with two attached hydrogens (primary N) is 1. The summed E-state index contributed by atoms with van der Waals surface area (Å²) in [7, 11) is 0. The number of primary amides is 1. The summed E-state index contributed by atoms with van der Waals surface area (Å²) in [6, 6.07) is 7.22. The Labute approximate surface area is 92.3 Å². The lowest BCUT2D eigenvalue weighted by atomic mass is 10.1. The van der Waals surface area contributed by atoms with E-state index in [4.69, 9.17) is 5.73 Å². The van der Waals surface area contributed by atoms with Crippen LogP contribution in [0.25, 0.3) is 10.9 Å². The number of nitrogens with one attached hydrogen (secondary N) is 2. The largest absolute Gasteiger partial charge is 0.358 e. The molecule has 2 rings (SSSR count). The van der Waals surface area contributed by atoms with E-state index in [-0.39, 0.29) is 0 Å². The fourth-order valence-corrected chi connectivity index (χ4v) is 1.63. The van der Waals surface area contributed by atoms with Crippen LogP contribution in [0.15, 0.2) is 29.4 Å². The van der Waals surface area contributed by atoms with Crippen molar-refractivity contribution in [1.82, 2.24) is 10.4 Å². The molecule has 0 saturated carbocycles. The standard InChI is InChI=1S/C11H12N4O/c1-7-9(6-13-15-11(12)16)8-4-2-3-5-10(8)14-7/h2-6,14H,1H3,(H3,12,15,16)/b13-6+. The Kier molecular flexibility index (Phi) is 2.59. The van der Waals surface area contributed by atoms with E-state index >= 15 is 0 Å². The number of benzene rings is 1. The van der Waals surface area contributed by atoms with Crippen molar-refractivity contribution in [3.63, 3.8) is 0 Å². The average molecular weight is 216 g/mol. The number of aromatic nitrogens is 1. The van der Waals surface area contributed by atoms with Crippen LogP contribution in [-0.2, 0) is 0 Å². The predicted molar refractivity (Wildman–Crippen MR) is 63.3 cm³/mol. The minimum Gasteiger partial charge on any atom is -0.358 e. The highest BCUT2D eigenvalue weighted by Gasteiger charge is 2.04. The normalized spacial score (nSPS) is 11.1. The quantitative estimate of drug-likeness (QED) is 0.515. The molecule has 0 saturated heterocycles. The van der Waals surface area contributed by atoms with Crippen LogP contribution in [0.1, 0.15) is 11.3 Å². The molecule has 0 fully saturated rings. The fraction of sp³-hybridized carbons (Fsp3) is 0.0909. The lowest BCUT2D eigenvalue weighted by molar-refractivity contribution is 0.249. The molecule has 5 heteroatoms. The number of H-pyrrole nitrogens is 1. The van der Waals surface area contributed by atoms with Crippen molar-refractivity contribution in [3.8, 4) is 0 Å². The van der Waals surface area contributed by atoms with Gasteiger partial charge in [0, 0.05) is 22.2 Å². The zero-order valence-electron chi connectivity index (χ0n) is 8.82. The van der Waals surface area contributed by atoms with Crippen LogP contribution in [0.3, 0.4) is 0 Å². The number of hydrogen-bond donors (Lipinski definition) is 3. The van der Waals surface area contributed by atoms with Gasteiger partial charge >= 0.3 is 6.03 Å². The zero-order valence-corrected chi connectivity index (χ0v) is 8.82. The summed E-state index contributed by atoms with van der Waals surface area (Å²) in [5, 5.41) is 4.82. The van der Waals surface area contributed by atoms with Gasteiger partial charge in [0.1, 0.15) is 0 Å². The van der Waals surface area contributed by atoms with Crippen molar-refractivity contribution in [2.75, 3.05) is 0 Å². The third-order valence-electron chi connectivity index (χ3n) is 2.31. The summed E-state index contributed by atoms with van der Waals surface area (Å²) in [5.74, 6) is 0. The number of hydrogen-bond acceptors (Lipinski definition) is 2. The zero-order chi connectivity index (χ0) is 11.5. The van der Waals surface area contributed by atoms with Crippen molar-refractivity contribution in [2.45, 2.75) is 6.92 Å². The first kappa shape index (κ1) is 10.2. The molecule has 4 N–H and O–H groups in total. The molecule has 2 aromatic rings. The monoisotopic (exact) mass is 216 g/mol. The molecule has 0 spiro atoms.